The van der Waals surface area contributed by atoms with E-state index < -0.39 is 5.91 Å². The third-order valence-corrected chi connectivity index (χ3v) is 3.09. The summed E-state index contributed by atoms with van der Waals surface area (Å²) < 4.78 is 0. The monoisotopic (exact) mass is 255 g/mol. The molecule has 0 unspecified atom stereocenters. The molecule has 19 heavy (non-hydrogen) atoms. The molecule has 98 valence electrons. The minimum atomic E-state index is -0.459. The highest BCUT2D eigenvalue weighted by Gasteiger charge is 2.18. The molecule has 1 aliphatic rings. The predicted octanol–water partition coefficient (Wildman–Crippen LogP) is 2.04. The van der Waals surface area contributed by atoms with E-state index in [1.165, 1.54) is 0 Å². The van der Waals surface area contributed by atoms with Gasteiger partial charge in [-0.05, 0) is 49.6 Å². The smallest absolute Gasteiger partial charge is 0.251 e. The zero-order valence-electron chi connectivity index (χ0n) is 11.3. The van der Waals surface area contributed by atoms with Crippen LogP contribution in [0.4, 0.5) is 0 Å². The fraction of sp³-hybridized carbons (Fsp3) is 0.200. The fourth-order valence-electron chi connectivity index (χ4n) is 2.17. The summed E-state index contributed by atoms with van der Waals surface area (Å²) in [5.41, 5.74) is 13.3. The predicted molar refractivity (Wildman–Crippen MR) is 77.4 cm³/mol. The van der Waals surface area contributed by atoms with E-state index in [0.717, 1.165) is 22.4 Å². The van der Waals surface area contributed by atoms with Crippen LogP contribution in [0.5, 0.6) is 0 Å². The van der Waals surface area contributed by atoms with E-state index >= 15 is 0 Å². The summed E-state index contributed by atoms with van der Waals surface area (Å²) in [4.78, 5) is 11.8. The molecular weight excluding hydrogens is 238 g/mol. The molecule has 1 aromatic rings. The van der Waals surface area contributed by atoms with E-state index in [-0.39, 0.29) is 0 Å². The van der Waals surface area contributed by atoms with Crippen LogP contribution in [0, 0.1) is 13.8 Å². The average molecular weight is 255 g/mol. The fourth-order valence-corrected chi connectivity index (χ4v) is 2.17. The Balaban J connectivity index is 2.64. The van der Waals surface area contributed by atoms with E-state index in [1.54, 1.807) is 0 Å². The summed E-state index contributed by atoms with van der Waals surface area (Å²) in [6, 6.07) is 5.89. The molecule has 0 saturated carbocycles. The average Bonchev–Trinajstić information content (AvgIpc) is 2.35. The third kappa shape index (κ3) is 2.57. The van der Waals surface area contributed by atoms with E-state index in [2.05, 4.69) is 10.5 Å². The second-order valence-electron chi connectivity index (χ2n) is 4.62. The summed E-state index contributed by atoms with van der Waals surface area (Å²) in [7, 11) is 0. The van der Waals surface area contributed by atoms with Gasteiger partial charge in [0.25, 0.3) is 5.91 Å². The Hall–Kier alpha value is -2.36. The minimum absolute atomic E-state index is 0.459. The molecule has 0 saturated heterocycles. The molecular formula is C15H17N3O. The van der Waals surface area contributed by atoms with Crippen LogP contribution in [-0.2, 0) is 4.79 Å². The van der Waals surface area contributed by atoms with Gasteiger partial charge < -0.3 is 5.73 Å². The normalized spacial score (nSPS) is 16.7. The van der Waals surface area contributed by atoms with Crippen LogP contribution < -0.4 is 11.2 Å². The zero-order valence-corrected chi connectivity index (χ0v) is 11.3. The molecule has 1 heterocycles. The van der Waals surface area contributed by atoms with E-state index in [1.807, 2.05) is 51.1 Å². The number of hydrogen-bond donors (Lipinski definition) is 2. The maximum Gasteiger partial charge on any atom is 0.251 e. The van der Waals surface area contributed by atoms with Gasteiger partial charge in [-0.3, -0.25) is 10.2 Å². The van der Waals surface area contributed by atoms with Crippen molar-refractivity contribution in [3.05, 3.63) is 52.7 Å². The van der Waals surface area contributed by atoms with Crippen LogP contribution in [0.15, 0.2) is 41.1 Å². The Morgan fingerprint density at radius 1 is 1.16 bits per heavy atom. The first-order valence-corrected chi connectivity index (χ1v) is 6.09. The second kappa shape index (κ2) is 5.10. The first-order chi connectivity index (χ1) is 9.00. The van der Waals surface area contributed by atoms with Gasteiger partial charge in [-0.15, -0.1) is 0 Å². The van der Waals surface area contributed by atoms with Crippen molar-refractivity contribution < 1.29 is 4.79 Å². The number of carbonyl (C=O) groups is 1. The van der Waals surface area contributed by atoms with Gasteiger partial charge in [-0.2, -0.15) is 5.10 Å². The lowest BCUT2D eigenvalue weighted by Crippen LogP contribution is -2.21. The van der Waals surface area contributed by atoms with Crippen molar-refractivity contribution in [1.82, 2.24) is 5.43 Å². The minimum Gasteiger partial charge on any atom is -0.366 e. The van der Waals surface area contributed by atoms with Crippen LogP contribution in [0.3, 0.4) is 0 Å². The number of nitrogens with one attached hydrogen (secondary N) is 1. The van der Waals surface area contributed by atoms with Crippen LogP contribution in [0.25, 0.3) is 5.57 Å². The number of hydrazone groups is 1. The van der Waals surface area contributed by atoms with Crippen LogP contribution in [0.1, 0.15) is 23.6 Å². The molecule has 1 aliphatic heterocycles. The topological polar surface area (TPSA) is 67.5 Å². The maximum atomic E-state index is 11.8. The van der Waals surface area contributed by atoms with Crippen molar-refractivity contribution in [2.75, 3.05) is 0 Å². The van der Waals surface area contributed by atoms with E-state index in [4.69, 9.17) is 5.73 Å². The van der Waals surface area contributed by atoms with Crippen molar-refractivity contribution in [3.63, 3.8) is 0 Å². The Morgan fingerprint density at radius 2 is 1.79 bits per heavy atom. The van der Waals surface area contributed by atoms with Crippen molar-refractivity contribution >= 4 is 17.2 Å². The number of benzene rings is 1. The highest BCUT2D eigenvalue weighted by molar-refractivity contribution is 6.21. The highest BCUT2D eigenvalue weighted by atomic mass is 16.1. The SMILES string of the molecule is CC1=NN/C(=C(\C(N)=O)c2c(C)cccc2C)C=C1. The molecule has 0 aromatic heterocycles. The zero-order chi connectivity index (χ0) is 14.0. The number of aryl methyl sites for hydroxylation is 2. The lowest BCUT2D eigenvalue weighted by molar-refractivity contribution is -0.112. The van der Waals surface area contributed by atoms with Gasteiger partial charge in [0.05, 0.1) is 17.0 Å². The molecule has 2 rings (SSSR count). The number of amides is 1. The number of nitrogens with zero attached hydrogens (tertiary/aromatic N) is 1. The van der Waals surface area contributed by atoms with Gasteiger partial charge in [0.15, 0.2) is 0 Å². The Morgan fingerprint density at radius 3 is 2.26 bits per heavy atom. The Kier molecular flexibility index (Phi) is 3.51. The lowest BCUT2D eigenvalue weighted by atomic mass is 9.93. The summed E-state index contributed by atoms with van der Waals surface area (Å²) in [6.07, 6.45) is 3.68. The van der Waals surface area contributed by atoms with Crippen molar-refractivity contribution in [1.29, 1.82) is 0 Å². The van der Waals surface area contributed by atoms with Crippen molar-refractivity contribution in [3.8, 4) is 0 Å². The number of primary amides is 1. The second-order valence-corrected chi connectivity index (χ2v) is 4.62. The lowest BCUT2D eigenvalue weighted by Gasteiger charge is -2.16. The largest absolute Gasteiger partial charge is 0.366 e. The number of carbonyl (C=O) groups excluding carboxylic acids is 1. The molecule has 3 N–H and O–H groups in total. The highest BCUT2D eigenvalue weighted by Crippen LogP contribution is 2.26. The first-order valence-electron chi connectivity index (χ1n) is 6.09. The number of allylic oxidation sites excluding steroid dienone is 2. The first kappa shape index (κ1) is 13.1. The molecule has 0 atom stereocenters. The van der Waals surface area contributed by atoms with Gasteiger partial charge in [0, 0.05) is 0 Å². The molecule has 0 radical (unpaired) electrons. The van der Waals surface area contributed by atoms with Crippen LogP contribution in [0.2, 0.25) is 0 Å². The van der Waals surface area contributed by atoms with E-state index in [0.29, 0.717) is 11.3 Å². The standard InChI is InChI=1S/C15H17N3O/c1-9-5-4-6-10(2)13(9)14(15(16)19)12-8-7-11(3)17-18-12/h4-8,18H,1-3H3,(H2,16,19)/b14-12-. The molecule has 0 bridgehead atoms. The van der Waals surface area contributed by atoms with Crippen LogP contribution in [-0.4, -0.2) is 11.6 Å². The molecule has 0 aliphatic carbocycles. The molecule has 0 spiro atoms. The molecule has 1 aromatic carbocycles. The van der Waals surface area contributed by atoms with E-state index in [9.17, 15) is 4.79 Å². The maximum absolute atomic E-state index is 11.8. The molecule has 1 amide bonds. The van der Waals surface area contributed by atoms with Gasteiger partial charge in [0.1, 0.15) is 0 Å². The molecule has 4 heteroatoms. The quantitative estimate of drug-likeness (QED) is 0.794. The number of nitrogens with two attached hydrogens (primary N) is 1. The number of hydrogen-bond acceptors (Lipinski definition) is 3. The van der Waals surface area contributed by atoms with Crippen LogP contribution >= 0.6 is 0 Å². The summed E-state index contributed by atoms with van der Waals surface area (Å²) in [6.45, 7) is 5.81. The number of rotatable bonds is 2. The Bertz CT molecular complexity index is 604. The summed E-state index contributed by atoms with van der Waals surface area (Å²) in [5, 5.41) is 4.11. The van der Waals surface area contributed by atoms with Crippen molar-refractivity contribution in [2.24, 2.45) is 10.8 Å². The van der Waals surface area contributed by atoms with Gasteiger partial charge in [0.2, 0.25) is 0 Å². The summed E-state index contributed by atoms with van der Waals surface area (Å²) >= 11 is 0. The Labute approximate surface area is 112 Å². The van der Waals surface area contributed by atoms with Crippen molar-refractivity contribution in [2.45, 2.75) is 20.8 Å². The third-order valence-electron chi connectivity index (χ3n) is 3.09. The molecule has 4 nitrogen and oxygen atoms in total. The van der Waals surface area contributed by atoms with Gasteiger partial charge in [-0.1, -0.05) is 18.2 Å². The van der Waals surface area contributed by atoms with Gasteiger partial charge in [-0.25, -0.2) is 0 Å². The summed E-state index contributed by atoms with van der Waals surface area (Å²) in [5.74, 6) is -0.459. The molecule has 0 fully saturated rings. The van der Waals surface area contributed by atoms with Gasteiger partial charge >= 0.3 is 0 Å².